The standard InChI is InChI=1S/C20H19ClN2O4/c1-23(10-11-26-2)19-18(27-20(24)25)17(13-6-4-3-5-7-13)15-12-14(21)8-9-16(15)22-19/h3-9,12H,10-11H2,1-2H3,(H,24,25). The molecule has 6 nitrogen and oxygen atoms in total. The van der Waals surface area contributed by atoms with Gasteiger partial charge in [0.25, 0.3) is 0 Å². The number of pyridine rings is 1. The fourth-order valence-electron chi connectivity index (χ4n) is 2.87. The van der Waals surface area contributed by atoms with E-state index in [1.165, 1.54) is 0 Å². The minimum Gasteiger partial charge on any atom is -0.449 e. The molecule has 27 heavy (non-hydrogen) atoms. The highest BCUT2D eigenvalue weighted by Crippen LogP contribution is 2.43. The lowest BCUT2D eigenvalue weighted by Crippen LogP contribution is -2.24. The molecule has 3 aromatic rings. The molecule has 0 amide bonds. The van der Waals surface area contributed by atoms with E-state index in [2.05, 4.69) is 4.98 Å². The number of carboxylic acid groups (broad SMARTS) is 1. The van der Waals surface area contributed by atoms with Crippen LogP contribution in [0.4, 0.5) is 10.6 Å². The molecule has 7 heteroatoms. The number of hydrogen-bond acceptors (Lipinski definition) is 5. The smallest absolute Gasteiger partial charge is 0.449 e. The monoisotopic (exact) mass is 386 g/mol. The van der Waals surface area contributed by atoms with E-state index in [9.17, 15) is 9.90 Å². The van der Waals surface area contributed by atoms with Gasteiger partial charge in [-0.05, 0) is 23.8 Å². The zero-order valence-corrected chi connectivity index (χ0v) is 15.7. The van der Waals surface area contributed by atoms with Crippen molar-refractivity contribution in [1.82, 2.24) is 4.98 Å². The molecule has 0 aliphatic carbocycles. The number of methoxy groups -OCH3 is 1. The Kier molecular flexibility index (Phi) is 5.78. The zero-order chi connectivity index (χ0) is 19.4. The number of carbonyl (C=O) groups is 1. The normalized spacial score (nSPS) is 10.8. The van der Waals surface area contributed by atoms with E-state index in [1.54, 1.807) is 19.2 Å². The molecule has 0 aliphatic heterocycles. The Hall–Kier alpha value is -2.83. The molecule has 0 fully saturated rings. The van der Waals surface area contributed by atoms with Crippen molar-refractivity contribution < 1.29 is 19.4 Å². The predicted octanol–water partition coefficient (Wildman–Crippen LogP) is 4.69. The molecule has 0 saturated carbocycles. The fraction of sp³-hybridized carbons (Fsp3) is 0.200. The van der Waals surface area contributed by atoms with E-state index in [1.807, 2.05) is 48.3 Å². The summed E-state index contributed by atoms with van der Waals surface area (Å²) < 4.78 is 10.3. The zero-order valence-electron chi connectivity index (χ0n) is 15.0. The number of benzene rings is 2. The fourth-order valence-corrected chi connectivity index (χ4v) is 3.05. The van der Waals surface area contributed by atoms with E-state index < -0.39 is 6.16 Å². The van der Waals surface area contributed by atoms with E-state index in [4.69, 9.17) is 21.1 Å². The number of ether oxygens (including phenoxy) is 2. The van der Waals surface area contributed by atoms with Gasteiger partial charge in [0.2, 0.25) is 0 Å². The first kappa shape index (κ1) is 18.9. The van der Waals surface area contributed by atoms with Gasteiger partial charge in [0, 0.05) is 36.7 Å². The second-order valence-corrected chi connectivity index (χ2v) is 6.39. The SMILES string of the molecule is COCCN(C)c1nc2ccc(Cl)cc2c(-c2ccccc2)c1OC(=O)O. The van der Waals surface area contributed by atoms with E-state index in [-0.39, 0.29) is 5.75 Å². The largest absolute Gasteiger partial charge is 0.511 e. The summed E-state index contributed by atoms with van der Waals surface area (Å²) in [5.41, 5.74) is 2.13. The Bertz CT molecular complexity index is 963. The van der Waals surface area contributed by atoms with Crippen molar-refractivity contribution in [2.75, 3.05) is 32.2 Å². The van der Waals surface area contributed by atoms with Gasteiger partial charge in [-0.15, -0.1) is 0 Å². The van der Waals surface area contributed by atoms with Crippen molar-refractivity contribution in [2.24, 2.45) is 0 Å². The molecule has 0 radical (unpaired) electrons. The van der Waals surface area contributed by atoms with Gasteiger partial charge in [-0.25, -0.2) is 9.78 Å². The van der Waals surface area contributed by atoms with Gasteiger partial charge in [-0.3, -0.25) is 0 Å². The van der Waals surface area contributed by atoms with Crippen LogP contribution in [-0.4, -0.2) is 43.6 Å². The third kappa shape index (κ3) is 4.13. The van der Waals surface area contributed by atoms with Gasteiger partial charge >= 0.3 is 6.16 Å². The van der Waals surface area contributed by atoms with Gasteiger partial charge in [-0.1, -0.05) is 41.9 Å². The second-order valence-electron chi connectivity index (χ2n) is 5.95. The van der Waals surface area contributed by atoms with Crippen LogP contribution in [0, 0.1) is 0 Å². The average Bonchev–Trinajstić information content (AvgIpc) is 2.65. The van der Waals surface area contributed by atoms with Crippen LogP contribution in [0.2, 0.25) is 5.02 Å². The van der Waals surface area contributed by atoms with Crippen LogP contribution < -0.4 is 9.64 Å². The summed E-state index contributed by atoms with van der Waals surface area (Å²) in [6, 6.07) is 14.8. The van der Waals surface area contributed by atoms with Crippen LogP contribution >= 0.6 is 11.6 Å². The first-order chi connectivity index (χ1) is 13.0. The molecule has 3 rings (SSSR count). The van der Waals surface area contributed by atoms with E-state index in [0.29, 0.717) is 40.5 Å². The van der Waals surface area contributed by atoms with E-state index in [0.717, 1.165) is 5.56 Å². The number of fused-ring (bicyclic) bond motifs is 1. The van der Waals surface area contributed by atoms with Crippen molar-refractivity contribution in [3.8, 4) is 16.9 Å². The molecule has 0 aliphatic rings. The summed E-state index contributed by atoms with van der Waals surface area (Å²) in [5, 5.41) is 10.6. The van der Waals surface area contributed by atoms with Gasteiger partial charge in [0.15, 0.2) is 11.6 Å². The number of halogens is 1. The molecule has 0 bridgehead atoms. The number of nitrogens with zero attached hydrogens (tertiary/aromatic N) is 2. The summed E-state index contributed by atoms with van der Waals surface area (Å²) in [6.45, 7) is 0.983. The van der Waals surface area contributed by atoms with Crippen LogP contribution in [0.3, 0.4) is 0 Å². The third-order valence-electron chi connectivity index (χ3n) is 4.13. The third-order valence-corrected chi connectivity index (χ3v) is 4.36. The molecule has 1 heterocycles. The number of rotatable bonds is 6. The lowest BCUT2D eigenvalue weighted by Gasteiger charge is -2.23. The Morgan fingerprint density at radius 2 is 1.96 bits per heavy atom. The number of hydrogen-bond donors (Lipinski definition) is 1. The van der Waals surface area contributed by atoms with Crippen molar-refractivity contribution >= 4 is 34.5 Å². The van der Waals surface area contributed by atoms with Crippen LogP contribution in [0.5, 0.6) is 5.75 Å². The molecule has 0 atom stereocenters. The molecule has 0 unspecified atom stereocenters. The van der Waals surface area contributed by atoms with Crippen molar-refractivity contribution in [3.05, 3.63) is 53.6 Å². The summed E-state index contributed by atoms with van der Waals surface area (Å²) in [5.74, 6) is 0.588. The number of aromatic nitrogens is 1. The quantitative estimate of drug-likeness (QED) is 0.619. The minimum atomic E-state index is -1.41. The molecular weight excluding hydrogens is 368 g/mol. The maximum absolute atomic E-state index is 11.4. The minimum absolute atomic E-state index is 0.169. The maximum Gasteiger partial charge on any atom is 0.511 e. The van der Waals surface area contributed by atoms with Gasteiger partial charge in [0.1, 0.15) is 0 Å². The highest BCUT2D eigenvalue weighted by atomic mass is 35.5. The Morgan fingerprint density at radius 3 is 2.63 bits per heavy atom. The highest BCUT2D eigenvalue weighted by molar-refractivity contribution is 6.31. The number of anilines is 1. The Morgan fingerprint density at radius 1 is 1.22 bits per heavy atom. The van der Waals surface area contributed by atoms with Gasteiger partial charge in [-0.2, -0.15) is 0 Å². The van der Waals surface area contributed by atoms with Crippen LogP contribution in [-0.2, 0) is 4.74 Å². The highest BCUT2D eigenvalue weighted by Gasteiger charge is 2.23. The lowest BCUT2D eigenvalue weighted by molar-refractivity contribution is 0.144. The average molecular weight is 387 g/mol. The van der Waals surface area contributed by atoms with Gasteiger partial charge in [0.05, 0.1) is 12.1 Å². The first-order valence-corrected chi connectivity index (χ1v) is 8.68. The van der Waals surface area contributed by atoms with Gasteiger partial charge < -0.3 is 19.5 Å². The molecular formula is C20H19ClN2O4. The first-order valence-electron chi connectivity index (χ1n) is 8.30. The second kappa shape index (κ2) is 8.24. The molecule has 0 saturated heterocycles. The van der Waals surface area contributed by atoms with Crippen molar-refractivity contribution in [2.45, 2.75) is 0 Å². The molecule has 140 valence electrons. The molecule has 1 aromatic heterocycles. The molecule has 1 N–H and O–H groups in total. The predicted molar refractivity (Wildman–Crippen MR) is 106 cm³/mol. The summed E-state index contributed by atoms with van der Waals surface area (Å²) >= 11 is 6.20. The van der Waals surface area contributed by atoms with Crippen molar-refractivity contribution in [1.29, 1.82) is 0 Å². The molecule has 2 aromatic carbocycles. The lowest BCUT2D eigenvalue weighted by atomic mass is 9.99. The summed E-state index contributed by atoms with van der Waals surface area (Å²) in [4.78, 5) is 17.9. The topological polar surface area (TPSA) is 71.9 Å². The maximum atomic E-state index is 11.4. The van der Waals surface area contributed by atoms with Crippen LogP contribution in [0.15, 0.2) is 48.5 Å². The summed E-state index contributed by atoms with van der Waals surface area (Å²) in [7, 11) is 3.42. The Balaban J connectivity index is 2.34. The van der Waals surface area contributed by atoms with Crippen molar-refractivity contribution in [3.63, 3.8) is 0 Å². The molecule has 0 spiro atoms. The Labute approximate surface area is 161 Å². The van der Waals surface area contributed by atoms with Crippen LogP contribution in [0.25, 0.3) is 22.0 Å². The summed E-state index contributed by atoms with van der Waals surface area (Å²) in [6.07, 6.45) is -1.41. The van der Waals surface area contributed by atoms with E-state index >= 15 is 0 Å². The van der Waals surface area contributed by atoms with Crippen LogP contribution in [0.1, 0.15) is 0 Å². The number of likely N-dealkylation sites (N-methyl/N-ethyl adjacent to an activating group) is 1.